The first-order chi connectivity index (χ1) is 16.3. The number of likely N-dealkylation sites (tertiary alicyclic amines) is 1. The van der Waals surface area contributed by atoms with E-state index in [2.05, 4.69) is 37.1 Å². The Labute approximate surface area is 201 Å². The van der Waals surface area contributed by atoms with Crippen molar-refractivity contribution in [1.29, 1.82) is 0 Å². The molecule has 1 spiro atoms. The Balaban J connectivity index is 1.34. The van der Waals surface area contributed by atoms with Crippen LogP contribution in [0.15, 0.2) is 36.4 Å². The van der Waals surface area contributed by atoms with Gasteiger partial charge in [-0.25, -0.2) is 0 Å². The maximum Gasteiger partial charge on any atom is 0.223 e. The maximum absolute atomic E-state index is 13.3. The molecule has 5 atom stereocenters. The molecule has 1 amide bonds. The third-order valence-electron chi connectivity index (χ3n) is 9.30. The van der Waals surface area contributed by atoms with Gasteiger partial charge in [0.25, 0.3) is 0 Å². The average Bonchev–Trinajstić information content (AvgIpc) is 3.17. The summed E-state index contributed by atoms with van der Waals surface area (Å²) in [5, 5.41) is 23.0. The SMILES string of the molecule is Cc1cccc(CCC(=O)N(C)C2CC[C@@]3(O)[C@H]4Cc5ccc(O)c6c5[C@@]3(CCN4C)C2O6)c1. The number of ether oxygens (including phenoxy) is 1. The van der Waals surface area contributed by atoms with Crippen LogP contribution in [-0.2, 0) is 23.1 Å². The second-order valence-electron chi connectivity index (χ2n) is 10.9. The largest absolute Gasteiger partial charge is 0.504 e. The van der Waals surface area contributed by atoms with Gasteiger partial charge in [-0.05, 0) is 69.8 Å². The lowest BCUT2D eigenvalue weighted by Gasteiger charge is -2.64. The number of carbonyl (C=O) groups excluding carboxylic acids is 1. The number of piperidine rings is 1. The van der Waals surface area contributed by atoms with Gasteiger partial charge >= 0.3 is 0 Å². The number of nitrogens with zero attached hydrogens (tertiary/aromatic N) is 2. The van der Waals surface area contributed by atoms with Crippen LogP contribution < -0.4 is 4.74 Å². The first kappa shape index (κ1) is 21.9. The molecule has 2 fully saturated rings. The molecule has 2 unspecified atom stereocenters. The number of rotatable bonds is 4. The zero-order chi connectivity index (χ0) is 23.8. The van der Waals surface area contributed by atoms with Crippen molar-refractivity contribution in [3.63, 3.8) is 0 Å². The van der Waals surface area contributed by atoms with Crippen molar-refractivity contribution >= 4 is 5.91 Å². The summed E-state index contributed by atoms with van der Waals surface area (Å²) >= 11 is 0. The number of likely N-dealkylation sites (N-methyl/N-ethyl adjacent to an activating group) is 2. The summed E-state index contributed by atoms with van der Waals surface area (Å²) in [4.78, 5) is 17.5. The fourth-order valence-electron chi connectivity index (χ4n) is 7.60. The van der Waals surface area contributed by atoms with Crippen molar-refractivity contribution in [3.05, 3.63) is 58.7 Å². The summed E-state index contributed by atoms with van der Waals surface area (Å²) in [6.07, 6.45) is 3.60. The minimum atomic E-state index is -0.932. The number of benzene rings is 2. The van der Waals surface area contributed by atoms with Gasteiger partial charge in [-0.3, -0.25) is 4.79 Å². The van der Waals surface area contributed by atoms with Crippen molar-refractivity contribution in [2.45, 2.75) is 74.7 Å². The number of carbonyl (C=O) groups is 1. The molecule has 2 aromatic carbocycles. The van der Waals surface area contributed by atoms with Crippen molar-refractivity contribution < 1.29 is 19.7 Å². The van der Waals surface area contributed by atoms with E-state index in [0.29, 0.717) is 31.4 Å². The van der Waals surface area contributed by atoms with Crippen LogP contribution in [0.3, 0.4) is 0 Å². The van der Waals surface area contributed by atoms with Gasteiger partial charge in [0, 0.05) is 25.1 Å². The lowest BCUT2D eigenvalue weighted by Crippen LogP contribution is -2.77. The van der Waals surface area contributed by atoms with Crippen LogP contribution in [0.5, 0.6) is 11.5 Å². The molecule has 2 heterocycles. The molecule has 1 saturated heterocycles. The highest BCUT2D eigenvalue weighted by Crippen LogP contribution is 2.65. The average molecular weight is 463 g/mol. The van der Waals surface area contributed by atoms with E-state index >= 15 is 0 Å². The summed E-state index contributed by atoms with van der Waals surface area (Å²) in [5.74, 6) is 0.753. The number of hydrogen-bond donors (Lipinski definition) is 2. The predicted molar refractivity (Wildman–Crippen MR) is 129 cm³/mol. The topological polar surface area (TPSA) is 73.2 Å². The second kappa shape index (κ2) is 7.46. The minimum absolute atomic E-state index is 0.0126. The van der Waals surface area contributed by atoms with E-state index in [9.17, 15) is 15.0 Å². The molecule has 180 valence electrons. The Bertz CT molecular complexity index is 1170. The Morgan fingerprint density at radius 2 is 2.09 bits per heavy atom. The lowest BCUT2D eigenvalue weighted by atomic mass is 9.48. The van der Waals surface area contributed by atoms with Crippen molar-refractivity contribution in [1.82, 2.24) is 9.80 Å². The summed E-state index contributed by atoms with van der Waals surface area (Å²) in [7, 11) is 3.98. The van der Waals surface area contributed by atoms with Gasteiger partial charge in [0.2, 0.25) is 5.91 Å². The van der Waals surface area contributed by atoms with E-state index in [1.165, 1.54) is 11.1 Å². The van der Waals surface area contributed by atoms with Gasteiger partial charge in [-0.1, -0.05) is 35.9 Å². The van der Waals surface area contributed by atoms with E-state index in [1.54, 1.807) is 6.07 Å². The third kappa shape index (κ3) is 2.78. The van der Waals surface area contributed by atoms with Crippen LogP contribution in [0.25, 0.3) is 0 Å². The smallest absolute Gasteiger partial charge is 0.223 e. The van der Waals surface area contributed by atoms with E-state index < -0.39 is 11.0 Å². The molecule has 0 aromatic heterocycles. The molecule has 34 heavy (non-hydrogen) atoms. The minimum Gasteiger partial charge on any atom is -0.504 e. The van der Waals surface area contributed by atoms with Crippen LogP contribution in [0.2, 0.25) is 0 Å². The summed E-state index contributed by atoms with van der Waals surface area (Å²) < 4.78 is 6.55. The van der Waals surface area contributed by atoms with Crippen LogP contribution in [0, 0.1) is 6.92 Å². The fourth-order valence-corrected chi connectivity index (χ4v) is 7.60. The standard InChI is InChI=1S/C28H34N2O4/c1-17-5-4-6-18(15-17)7-10-23(32)30(3)20-11-12-28(33)22-16-19-8-9-21(31)25-24(19)27(28,26(20)34-25)13-14-29(22)2/h4-6,8-9,15,20,22,26,31,33H,7,10-14,16H2,1-3H3/t20?,22-,26?,27+,28-/m1/s1. The van der Waals surface area contributed by atoms with Crippen LogP contribution >= 0.6 is 0 Å². The number of hydrogen-bond acceptors (Lipinski definition) is 5. The van der Waals surface area contributed by atoms with E-state index in [-0.39, 0.29) is 29.8 Å². The van der Waals surface area contributed by atoms with Crippen molar-refractivity contribution in [3.8, 4) is 11.5 Å². The highest BCUT2D eigenvalue weighted by molar-refractivity contribution is 5.77. The van der Waals surface area contributed by atoms with E-state index in [0.717, 1.165) is 30.5 Å². The Kier molecular flexibility index (Phi) is 4.81. The Hall–Kier alpha value is -2.57. The zero-order valence-corrected chi connectivity index (χ0v) is 20.3. The van der Waals surface area contributed by atoms with Gasteiger partial charge in [-0.15, -0.1) is 0 Å². The molecule has 6 rings (SSSR count). The molecule has 2 aromatic rings. The van der Waals surface area contributed by atoms with Crippen LogP contribution in [0.1, 0.15) is 47.9 Å². The van der Waals surface area contributed by atoms with Gasteiger partial charge in [-0.2, -0.15) is 0 Å². The quantitative estimate of drug-likeness (QED) is 0.731. The highest BCUT2D eigenvalue weighted by Gasteiger charge is 2.73. The number of aryl methyl sites for hydroxylation is 2. The number of amides is 1. The second-order valence-corrected chi connectivity index (χ2v) is 10.9. The summed E-state index contributed by atoms with van der Waals surface area (Å²) in [6, 6.07) is 11.9. The molecule has 2 bridgehead atoms. The van der Waals surface area contributed by atoms with Crippen LogP contribution in [-0.4, -0.2) is 70.3 Å². The first-order valence-electron chi connectivity index (χ1n) is 12.5. The molecule has 0 radical (unpaired) electrons. The van der Waals surface area contributed by atoms with Crippen molar-refractivity contribution in [2.24, 2.45) is 0 Å². The number of aliphatic hydroxyl groups is 1. The Morgan fingerprint density at radius 3 is 2.88 bits per heavy atom. The van der Waals surface area contributed by atoms with Crippen LogP contribution in [0.4, 0.5) is 0 Å². The third-order valence-corrected chi connectivity index (χ3v) is 9.30. The number of phenols is 1. The van der Waals surface area contributed by atoms with E-state index in [1.807, 2.05) is 24.1 Å². The molecule has 2 aliphatic heterocycles. The predicted octanol–water partition coefficient (Wildman–Crippen LogP) is 2.94. The van der Waals surface area contributed by atoms with E-state index in [4.69, 9.17) is 4.74 Å². The molecule has 6 heteroatoms. The summed E-state index contributed by atoms with van der Waals surface area (Å²) in [5.41, 5.74) is 2.99. The lowest BCUT2D eigenvalue weighted by molar-refractivity contribution is -0.196. The molecule has 6 nitrogen and oxygen atoms in total. The van der Waals surface area contributed by atoms with Gasteiger partial charge < -0.3 is 24.7 Å². The molecular formula is C28H34N2O4. The van der Waals surface area contributed by atoms with Crippen molar-refractivity contribution in [2.75, 3.05) is 20.6 Å². The number of phenolic OH excluding ortho intramolecular Hbond substituents is 1. The fraction of sp³-hybridized carbons (Fsp3) is 0.536. The molecule has 1 saturated carbocycles. The first-order valence-corrected chi connectivity index (χ1v) is 12.5. The highest BCUT2D eigenvalue weighted by atomic mass is 16.5. The van der Waals surface area contributed by atoms with Gasteiger partial charge in [0.15, 0.2) is 11.5 Å². The Morgan fingerprint density at radius 1 is 1.26 bits per heavy atom. The molecular weight excluding hydrogens is 428 g/mol. The molecule has 2 aliphatic carbocycles. The van der Waals surface area contributed by atoms with Gasteiger partial charge in [0.1, 0.15) is 6.10 Å². The molecule has 4 aliphatic rings. The monoisotopic (exact) mass is 462 g/mol. The summed E-state index contributed by atoms with van der Waals surface area (Å²) in [6.45, 7) is 2.93. The number of aromatic hydroxyl groups is 1. The maximum atomic E-state index is 13.3. The normalized spacial score (nSPS) is 33.2. The zero-order valence-electron chi connectivity index (χ0n) is 20.3. The van der Waals surface area contributed by atoms with Gasteiger partial charge in [0.05, 0.1) is 17.1 Å². The molecule has 2 N–H and O–H groups in total.